The van der Waals surface area contributed by atoms with E-state index in [0.717, 1.165) is 18.0 Å². The molecule has 1 aliphatic heterocycles. The highest BCUT2D eigenvalue weighted by molar-refractivity contribution is 5.27. The summed E-state index contributed by atoms with van der Waals surface area (Å²) in [4.78, 5) is 2.43. The quantitative estimate of drug-likeness (QED) is 0.907. The molecule has 1 saturated carbocycles. The van der Waals surface area contributed by atoms with E-state index in [1.807, 2.05) is 6.07 Å². The van der Waals surface area contributed by atoms with Gasteiger partial charge in [0, 0.05) is 30.7 Å². The second-order valence-corrected chi connectivity index (χ2v) is 5.75. The lowest BCUT2D eigenvalue weighted by Crippen LogP contribution is -2.39. The molecule has 1 heterocycles. The number of nitrogens with two attached hydrogens (primary N) is 1. The first-order valence-corrected chi connectivity index (χ1v) is 7.03. The van der Waals surface area contributed by atoms with Crippen LogP contribution in [0.4, 0.5) is 8.78 Å². The zero-order valence-corrected chi connectivity index (χ0v) is 10.9. The zero-order valence-electron chi connectivity index (χ0n) is 10.9. The highest BCUT2D eigenvalue weighted by Gasteiger charge is 2.40. The van der Waals surface area contributed by atoms with Gasteiger partial charge in [-0.25, -0.2) is 8.78 Å². The molecule has 2 bridgehead atoms. The van der Waals surface area contributed by atoms with Gasteiger partial charge in [-0.1, -0.05) is 18.2 Å². The van der Waals surface area contributed by atoms with E-state index in [2.05, 4.69) is 4.90 Å². The predicted molar refractivity (Wildman–Crippen MR) is 71.0 cm³/mol. The normalized spacial score (nSPS) is 28.2. The molecular weight excluding hydrogens is 246 g/mol. The minimum Gasteiger partial charge on any atom is -0.329 e. The summed E-state index contributed by atoms with van der Waals surface area (Å²) in [6, 6.07) is 7.44. The number of halogens is 2. The fourth-order valence-corrected chi connectivity index (χ4v) is 3.71. The molecule has 4 heteroatoms. The molecular formula is C15H20F2N2. The van der Waals surface area contributed by atoms with Gasteiger partial charge in [0.05, 0.1) is 0 Å². The van der Waals surface area contributed by atoms with Crippen molar-refractivity contribution in [1.82, 2.24) is 4.90 Å². The molecule has 2 N–H and O–H groups in total. The summed E-state index contributed by atoms with van der Waals surface area (Å²) >= 11 is 0. The number of nitrogens with zero attached hydrogens (tertiary/aromatic N) is 1. The fraction of sp³-hybridized carbons (Fsp3) is 0.600. The smallest absolute Gasteiger partial charge is 0.263 e. The number of likely N-dealkylation sites (tertiary alicyclic amines) is 1. The number of rotatable bonds is 4. The lowest BCUT2D eigenvalue weighted by Gasteiger charge is -2.34. The summed E-state index contributed by atoms with van der Waals surface area (Å²) in [5.74, 6) is 0.789. The van der Waals surface area contributed by atoms with Crippen LogP contribution >= 0.6 is 0 Å². The topological polar surface area (TPSA) is 29.3 Å². The number of hydrogen-bond acceptors (Lipinski definition) is 2. The van der Waals surface area contributed by atoms with Crippen LogP contribution in [0.2, 0.25) is 0 Å². The fourth-order valence-electron chi connectivity index (χ4n) is 3.71. The first kappa shape index (κ1) is 13.0. The number of fused-ring (bicyclic) bond motifs is 2. The Morgan fingerprint density at radius 2 is 2.05 bits per heavy atom. The lowest BCUT2D eigenvalue weighted by atomic mass is 10.00. The lowest BCUT2D eigenvalue weighted by molar-refractivity contribution is 0.146. The minimum atomic E-state index is -2.41. The van der Waals surface area contributed by atoms with E-state index in [1.165, 1.54) is 25.3 Å². The van der Waals surface area contributed by atoms with E-state index in [-0.39, 0.29) is 11.6 Å². The van der Waals surface area contributed by atoms with Crippen molar-refractivity contribution in [2.75, 3.05) is 13.1 Å². The second-order valence-electron chi connectivity index (χ2n) is 5.75. The van der Waals surface area contributed by atoms with Crippen LogP contribution in [0, 0.1) is 5.92 Å². The van der Waals surface area contributed by atoms with E-state index >= 15 is 0 Å². The van der Waals surface area contributed by atoms with Gasteiger partial charge in [-0.3, -0.25) is 4.90 Å². The van der Waals surface area contributed by atoms with Gasteiger partial charge < -0.3 is 5.73 Å². The SMILES string of the molecule is NCC(c1cccc(C(F)F)c1)N1CC2CCC1C2. The van der Waals surface area contributed by atoms with Crippen molar-refractivity contribution in [2.45, 2.75) is 37.8 Å². The molecule has 104 valence electrons. The van der Waals surface area contributed by atoms with Crippen LogP contribution in [-0.4, -0.2) is 24.0 Å². The number of benzene rings is 1. The molecule has 2 nitrogen and oxygen atoms in total. The summed E-state index contributed by atoms with van der Waals surface area (Å²) in [6.45, 7) is 1.57. The molecule has 1 saturated heterocycles. The number of alkyl halides is 2. The highest BCUT2D eigenvalue weighted by atomic mass is 19.3. The molecule has 0 aromatic heterocycles. The summed E-state index contributed by atoms with van der Waals surface area (Å²) in [5.41, 5.74) is 6.95. The van der Waals surface area contributed by atoms with Crippen LogP contribution in [0.5, 0.6) is 0 Å². The monoisotopic (exact) mass is 266 g/mol. The van der Waals surface area contributed by atoms with Crippen molar-refractivity contribution in [2.24, 2.45) is 11.7 Å². The van der Waals surface area contributed by atoms with Gasteiger partial charge in [-0.05, 0) is 36.8 Å². The molecule has 1 aromatic rings. The molecule has 1 aromatic carbocycles. The first-order chi connectivity index (χ1) is 9.19. The molecule has 0 amide bonds. The van der Waals surface area contributed by atoms with E-state index in [9.17, 15) is 8.78 Å². The molecule has 3 rings (SSSR count). The Bertz CT molecular complexity index is 450. The third-order valence-electron chi connectivity index (χ3n) is 4.62. The molecule has 3 unspecified atom stereocenters. The Balaban J connectivity index is 1.84. The molecule has 2 aliphatic rings. The van der Waals surface area contributed by atoms with Crippen molar-refractivity contribution in [1.29, 1.82) is 0 Å². The summed E-state index contributed by atoms with van der Waals surface area (Å²) in [7, 11) is 0. The van der Waals surface area contributed by atoms with Gasteiger partial charge in [0.15, 0.2) is 0 Å². The van der Waals surface area contributed by atoms with Crippen molar-refractivity contribution in [3.8, 4) is 0 Å². The summed E-state index contributed by atoms with van der Waals surface area (Å²) in [6.07, 6.45) is 1.39. The molecule has 3 atom stereocenters. The Labute approximate surface area is 112 Å². The largest absolute Gasteiger partial charge is 0.329 e. The number of piperidine rings is 1. The maximum atomic E-state index is 12.8. The van der Waals surface area contributed by atoms with Crippen molar-refractivity contribution >= 4 is 0 Å². The van der Waals surface area contributed by atoms with Gasteiger partial charge in [0.25, 0.3) is 6.43 Å². The summed E-state index contributed by atoms with van der Waals surface area (Å²) in [5, 5.41) is 0. The van der Waals surface area contributed by atoms with Crippen LogP contribution in [0.1, 0.15) is 42.9 Å². The van der Waals surface area contributed by atoms with Gasteiger partial charge in [0.2, 0.25) is 0 Å². The van der Waals surface area contributed by atoms with Gasteiger partial charge in [-0.2, -0.15) is 0 Å². The first-order valence-electron chi connectivity index (χ1n) is 7.03. The third kappa shape index (κ3) is 2.39. The maximum Gasteiger partial charge on any atom is 0.263 e. The molecule has 0 spiro atoms. The Morgan fingerprint density at radius 3 is 2.63 bits per heavy atom. The van der Waals surface area contributed by atoms with Gasteiger partial charge >= 0.3 is 0 Å². The Morgan fingerprint density at radius 1 is 1.26 bits per heavy atom. The van der Waals surface area contributed by atoms with Crippen molar-refractivity contribution < 1.29 is 8.78 Å². The van der Waals surface area contributed by atoms with Crippen LogP contribution in [0.3, 0.4) is 0 Å². The van der Waals surface area contributed by atoms with Gasteiger partial charge in [-0.15, -0.1) is 0 Å². The van der Waals surface area contributed by atoms with Crippen LogP contribution in [-0.2, 0) is 0 Å². The van der Waals surface area contributed by atoms with E-state index in [0.29, 0.717) is 12.6 Å². The Hall–Kier alpha value is -1.00. The molecule has 0 radical (unpaired) electrons. The Kier molecular flexibility index (Phi) is 3.54. The third-order valence-corrected chi connectivity index (χ3v) is 4.62. The highest BCUT2D eigenvalue weighted by Crippen LogP contribution is 2.42. The maximum absolute atomic E-state index is 12.8. The zero-order chi connectivity index (χ0) is 13.4. The van der Waals surface area contributed by atoms with Crippen LogP contribution < -0.4 is 5.73 Å². The second kappa shape index (κ2) is 5.17. The summed E-state index contributed by atoms with van der Waals surface area (Å²) < 4.78 is 25.6. The van der Waals surface area contributed by atoms with Crippen LogP contribution in [0.25, 0.3) is 0 Å². The van der Waals surface area contributed by atoms with Crippen molar-refractivity contribution in [3.05, 3.63) is 35.4 Å². The minimum absolute atomic E-state index is 0.0917. The molecule has 1 aliphatic carbocycles. The average Bonchev–Trinajstić information content (AvgIpc) is 3.02. The van der Waals surface area contributed by atoms with E-state index in [4.69, 9.17) is 5.73 Å². The van der Waals surface area contributed by atoms with Gasteiger partial charge in [0.1, 0.15) is 0 Å². The predicted octanol–water partition coefficient (Wildman–Crippen LogP) is 3.11. The number of hydrogen-bond donors (Lipinski definition) is 1. The van der Waals surface area contributed by atoms with Crippen LogP contribution in [0.15, 0.2) is 24.3 Å². The van der Waals surface area contributed by atoms with E-state index in [1.54, 1.807) is 12.1 Å². The standard InChI is InChI=1S/C15H20F2N2/c16-15(17)12-3-1-2-11(7-12)14(8-18)19-9-10-4-5-13(19)6-10/h1-3,7,10,13-15H,4-6,8-9,18H2. The molecule has 2 fully saturated rings. The molecule has 19 heavy (non-hydrogen) atoms. The van der Waals surface area contributed by atoms with E-state index < -0.39 is 6.43 Å². The average molecular weight is 266 g/mol. The van der Waals surface area contributed by atoms with Crippen molar-refractivity contribution in [3.63, 3.8) is 0 Å².